The first-order chi connectivity index (χ1) is 7.63. The van der Waals surface area contributed by atoms with Gasteiger partial charge < -0.3 is 5.32 Å². The zero-order valence-corrected chi connectivity index (χ0v) is 9.45. The number of benzene rings is 1. The van der Waals surface area contributed by atoms with Gasteiger partial charge in [-0.3, -0.25) is 4.57 Å². The van der Waals surface area contributed by atoms with Crippen LogP contribution in [0.3, 0.4) is 0 Å². The van der Waals surface area contributed by atoms with E-state index in [9.17, 15) is 4.39 Å². The van der Waals surface area contributed by atoms with Crippen LogP contribution in [0.15, 0.2) is 18.2 Å². The van der Waals surface area contributed by atoms with Gasteiger partial charge in [0, 0.05) is 19.7 Å². The van der Waals surface area contributed by atoms with Crippen LogP contribution in [0.1, 0.15) is 5.56 Å². The van der Waals surface area contributed by atoms with Crippen LogP contribution in [0, 0.1) is 12.7 Å². The number of hydrogen-bond donors (Lipinski definition) is 1. The Balaban J connectivity index is 2.54. The molecule has 0 radical (unpaired) electrons. The van der Waals surface area contributed by atoms with Gasteiger partial charge in [-0.1, -0.05) is 0 Å². The summed E-state index contributed by atoms with van der Waals surface area (Å²) in [5, 5.41) is 11.0. The highest BCUT2D eigenvalue weighted by Gasteiger charge is 2.11. The average molecular weight is 220 g/mol. The maximum absolute atomic E-state index is 13.0. The van der Waals surface area contributed by atoms with E-state index in [0.717, 1.165) is 17.0 Å². The molecule has 84 valence electrons. The predicted octanol–water partition coefficient (Wildman–Crippen LogP) is 1.97. The van der Waals surface area contributed by atoms with E-state index in [2.05, 4.69) is 15.5 Å². The van der Waals surface area contributed by atoms with Crippen molar-refractivity contribution in [2.75, 3.05) is 12.4 Å². The molecule has 2 rings (SSSR count). The van der Waals surface area contributed by atoms with Crippen LogP contribution in [0.4, 0.5) is 10.3 Å². The van der Waals surface area contributed by atoms with Crippen molar-refractivity contribution in [1.29, 1.82) is 0 Å². The standard InChI is InChI=1S/C11H13FN4/c1-7-6-8(12)4-5-9(7)10-14-15-11(13-2)16(10)3/h4-6H,1-3H3,(H,13,15). The van der Waals surface area contributed by atoms with E-state index in [1.807, 2.05) is 18.5 Å². The highest BCUT2D eigenvalue weighted by molar-refractivity contribution is 5.61. The third-order valence-corrected chi connectivity index (χ3v) is 2.53. The lowest BCUT2D eigenvalue weighted by Gasteiger charge is -2.06. The van der Waals surface area contributed by atoms with Gasteiger partial charge in [0.05, 0.1) is 0 Å². The van der Waals surface area contributed by atoms with Gasteiger partial charge in [0.25, 0.3) is 0 Å². The number of nitrogens with one attached hydrogen (secondary N) is 1. The van der Waals surface area contributed by atoms with Crippen molar-refractivity contribution in [3.8, 4) is 11.4 Å². The zero-order valence-electron chi connectivity index (χ0n) is 9.45. The summed E-state index contributed by atoms with van der Waals surface area (Å²) in [6, 6.07) is 4.63. The molecule has 0 fully saturated rings. The molecule has 4 nitrogen and oxygen atoms in total. The minimum atomic E-state index is -0.239. The van der Waals surface area contributed by atoms with Crippen LogP contribution >= 0.6 is 0 Å². The maximum Gasteiger partial charge on any atom is 0.224 e. The summed E-state index contributed by atoms with van der Waals surface area (Å²) in [7, 11) is 3.65. The van der Waals surface area contributed by atoms with Gasteiger partial charge in [-0.05, 0) is 30.7 Å². The van der Waals surface area contributed by atoms with Gasteiger partial charge in [0.2, 0.25) is 5.95 Å². The van der Waals surface area contributed by atoms with Crippen LogP contribution < -0.4 is 5.32 Å². The molecule has 1 heterocycles. The molecule has 0 atom stereocenters. The number of halogens is 1. The fourth-order valence-corrected chi connectivity index (χ4v) is 1.66. The summed E-state index contributed by atoms with van der Waals surface area (Å²) in [5.74, 6) is 1.16. The highest BCUT2D eigenvalue weighted by atomic mass is 19.1. The van der Waals surface area contributed by atoms with Gasteiger partial charge in [-0.15, -0.1) is 10.2 Å². The van der Waals surface area contributed by atoms with Crippen LogP contribution in [0.5, 0.6) is 0 Å². The maximum atomic E-state index is 13.0. The van der Waals surface area contributed by atoms with Crippen LogP contribution in [-0.4, -0.2) is 21.8 Å². The van der Waals surface area contributed by atoms with Crippen LogP contribution in [-0.2, 0) is 7.05 Å². The Morgan fingerprint density at radius 2 is 2.06 bits per heavy atom. The third-order valence-electron chi connectivity index (χ3n) is 2.53. The summed E-state index contributed by atoms with van der Waals surface area (Å²) >= 11 is 0. The van der Waals surface area contributed by atoms with Gasteiger partial charge in [0.15, 0.2) is 5.82 Å². The molecule has 2 aromatic rings. The first-order valence-corrected chi connectivity index (χ1v) is 4.97. The number of rotatable bonds is 2. The second kappa shape index (κ2) is 3.92. The van der Waals surface area contributed by atoms with Crippen molar-refractivity contribution < 1.29 is 4.39 Å². The number of aryl methyl sites for hydroxylation is 1. The number of anilines is 1. The Morgan fingerprint density at radius 3 is 2.62 bits per heavy atom. The monoisotopic (exact) mass is 220 g/mol. The molecule has 5 heteroatoms. The molecule has 0 spiro atoms. The van der Waals surface area contributed by atoms with Crippen molar-refractivity contribution in [2.24, 2.45) is 7.05 Å². The van der Waals surface area contributed by atoms with E-state index in [1.54, 1.807) is 13.1 Å². The fourth-order valence-electron chi connectivity index (χ4n) is 1.66. The summed E-state index contributed by atoms with van der Waals surface area (Å²) in [6.07, 6.45) is 0. The molecule has 0 aliphatic rings. The Morgan fingerprint density at radius 1 is 1.31 bits per heavy atom. The first kappa shape index (κ1) is 10.6. The molecule has 1 N–H and O–H groups in total. The largest absolute Gasteiger partial charge is 0.357 e. The Hall–Kier alpha value is -1.91. The molecule has 0 bridgehead atoms. The van der Waals surface area contributed by atoms with E-state index in [0.29, 0.717) is 5.95 Å². The van der Waals surface area contributed by atoms with Crippen molar-refractivity contribution in [1.82, 2.24) is 14.8 Å². The number of hydrogen-bond acceptors (Lipinski definition) is 3. The van der Waals surface area contributed by atoms with Gasteiger partial charge in [-0.2, -0.15) is 0 Å². The lowest BCUT2D eigenvalue weighted by Crippen LogP contribution is -2.00. The Bertz CT molecular complexity index is 519. The normalized spacial score (nSPS) is 10.5. The van der Waals surface area contributed by atoms with Crippen LogP contribution in [0.2, 0.25) is 0 Å². The van der Waals surface area contributed by atoms with Crippen LogP contribution in [0.25, 0.3) is 11.4 Å². The minimum absolute atomic E-state index is 0.239. The molecule has 1 aromatic heterocycles. The molecular formula is C11H13FN4. The molecule has 16 heavy (non-hydrogen) atoms. The minimum Gasteiger partial charge on any atom is -0.357 e. The predicted molar refractivity (Wildman–Crippen MR) is 60.7 cm³/mol. The molecule has 0 saturated carbocycles. The average Bonchev–Trinajstić information content (AvgIpc) is 2.60. The first-order valence-electron chi connectivity index (χ1n) is 4.97. The van der Waals surface area contributed by atoms with E-state index < -0.39 is 0 Å². The Labute approximate surface area is 93.1 Å². The topological polar surface area (TPSA) is 42.7 Å². The van der Waals surface area contributed by atoms with Crippen molar-refractivity contribution in [3.63, 3.8) is 0 Å². The van der Waals surface area contributed by atoms with E-state index in [-0.39, 0.29) is 5.82 Å². The summed E-state index contributed by atoms with van der Waals surface area (Å²) in [4.78, 5) is 0. The smallest absolute Gasteiger partial charge is 0.224 e. The summed E-state index contributed by atoms with van der Waals surface area (Å²) in [5.41, 5.74) is 1.73. The zero-order chi connectivity index (χ0) is 11.7. The second-order valence-corrected chi connectivity index (χ2v) is 3.62. The molecule has 0 aliphatic carbocycles. The molecular weight excluding hydrogens is 207 g/mol. The van der Waals surface area contributed by atoms with Gasteiger partial charge in [0.1, 0.15) is 5.82 Å². The van der Waals surface area contributed by atoms with Crippen molar-refractivity contribution in [3.05, 3.63) is 29.6 Å². The molecule has 1 aromatic carbocycles. The van der Waals surface area contributed by atoms with E-state index in [4.69, 9.17) is 0 Å². The van der Waals surface area contributed by atoms with Gasteiger partial charge in [-0.25, -0.2) is 4.39 Å². The van der Waals surface area contributed by atoms with Crippen molar-refractivity contribution >= 4 is 5.95 Å². The quantitative estimate of drug-likeness (QED) is 0.841. The second-order valence-electron chi connectivity index (χ2n) is 3.62. The third kappa shape index (κ3) is 1.64. The van der Waals surface area contributed by atoms with Gasteiger partial charge >= 0.3 is 0 Å². The molecule has 0 unspecified atom stereocenters. The lowest BCUT2D eigenvalue weighted by atomic mass is 10.1. The number of nitrogens with zero attached hydrogens (tertiary/aromatic N) is 3. The Kier molecular flexibility index (Phi) is 2.60. The number of aromatic nitrogens is 3. The molecule has 0 amide bonds. The van der Waals surface area contributed by atoms with E-state index in [1.165, 1.54) is 12.1 Å². The fraction of sp³-hybridized carbons (Fsp3) is 0.273. The lowest BCUT2D eigenvalue weighted by molar-refractivity contribution is 0.626. The highest BCUT2D eigenvalue weighted by Crippen LogP contribution is 2.23. The summed E-state index contributed by atoms with van der Waals surface area (Å²) in [6.45, 7) is 1.85. The van der Waals surface area contributed by atoms with E-state index >= 15 is 0 Å². The SMILES string of the molecule is CNc1nnc(-c2ccc(F)cc2C)n1C. The van der Waals surface area contributed by atoms with Crippen molar-refractivity contribution in [2.45, 2.75) is 6.92 Å². The molecule has 0 aliphatic heterocycles. The molecule has 0 saturated heterocycles. The summed E-state index contributed by atoms with van der Waals surface area (Å²) < 4.78 is 14.8.